The highest BCUT2D eigenvalue weighted by Gasteiger charge is 2.64. The Kier molecular flexibility index (Phi) is 14.6. The second-order valence-electron chi connectivity index (χ2n) is 18.6. The van der Waals surface area contributed by atoms with Gasteiger partial charge in [0.25, 0.3) is 17.7 Å². The van der Waals surface area contributed by atoms with Crippen LogP contribution in [0.5, 0.6) is 5.75 Å². The van der Waals surface area contributed by atoms with Crippen molar-refractivity contribution in [1.82, 2.24) is 29.5 Å². The molecule has 3 aromatic heterocycles. The molecule has 4 aromatic rings. The standard InChI is InChI=1S/C48H49N11O13S4/c1-8-70-54-31(40-53-46(50)76-55-40)41(65)52-32-42(66)59-34(27(18-73-43(32)59)75-47-51-24(17-74-47)20-11-13-58(7)14-12-20)45(68)71-19(2)44(67)72-26-10-9-25(56(3)4)22-15-21-16-23-33(57(5)6)36(61)30(39(49)64)38(63)48(23,69)37(62)28(21)35(60)29(22)26/h9-14,17,19,21,23,32-33,43,69H,8,15-16,18H2,1-7H3,(H6-,49,50,52,53,55,60,61,62,63,64,65)/p+1/b54-31+/t19?,21-,23-,32-,33-,43?,48-/m1/s1. The lowest BCUT2D eigenvalue weighted by molar-refractivity contribution is -0.671. The molecule has 24 nitrogen and oxygen atoms in total. The van der Waals surface area contributed by atoms with Crippen molar-refractivity contribution in [3.63, 3.8) is 0 Å². The number of amides is 3. The molecule has 5 aliphatic rings. The summed E-state index contributed by atoms with van der Waals surface area (Å²) >= 11 is 4.50. The van der Waals surface area contributed by atoms with Gasteiger partial charge in [-0.2, -0.15) is 9.36 Å². The number of ketones is 2. The van der Waals surface area contributed by atoms with Crippen LogP contribution in [0, 0.1) is 11.8 Å². The average molecular weight is 1120 g/mol. The molecule has 28 heteroatoms. The van der Waals surface area contributed by atoms with Gasteiger partial charge in [0.05, 0.1) is 17.3 Å². The van der Waals surface area contributed by atoms with E-state index in [9.17, 15) is 48.9 Å². The number of carbonyl (C=O) groups is 7. The van der Waals surface area contributed by atoms with Gasteiger partial charge in [-0.25, -0.2) is 19.1 Å². The fourth-order valence-electron chi connectivity index (χ4n) is 9.90. The van der Waals surface area contributed by atoms with Crippen molar-refractivity contribution in [1.29, 1.82) is 0 Å². The van der Waals surface area contributed by atoms with Crippen LogP contribution in [0.25, 0.3) is 17.0 Å². The first kappa shape index (κ1) is 53.6. The Morgan fingerprint density at radius 2 is 1.82 bits per heavy atom. The minimum Gasteiger partial charge on any atom is -0.508 e. The Bertz CT molecular complexity index is 3280. The van der Waals surface area contributed by atoms with E-state index >= 15 is 0 Å². The molecular weight excluding hydrogens is 1070 g/mol. The average Bonchev–Trinajstić information content (AvgIpc) is 4.10. The number of esters is 2. The summed E-state index contributed by atoms with van der Waals surface area (Å²) in [5.41, 5.74) is 8.95. The van der Waals surface area contributed by atoms with Crippen LogP contribution in [0.3, 0.4) is 0 Å². The number of nitrogens with zero attached hydrogens (tertiary/aromatic N) is 8. The maximum absolute atomic E-state index is 14.6. The fraction of sp³-hybridized carbons (Fsp3) is 0.375. The molecule has 398 valence electrons. The number of aliphatic hydroxyl groups is 3. The maximum atomic E-state index is 14.6. The minimum atomic E-state index is -2.85. The van der Waals surface area contributed by atoms with Crippen LogP contribution >= 0.6 is 46.4 Å². The van der Waals surface area contributed by atoms with Gasteiger partial charge in [0.1, 0.15) is 53.6 Å². The molecule has 9 rings (SSSR count). The number of rotatable bonds is 15. The summed E-state index contributed by atoms with van der Waals surface area (Å²) in [6.07, 6.45) is 1.97. The van der Waals surface area contributed by atoms with Crippen LogP contribution in [0.4, 0.5) is 10.8 Å². The number of ether oxygens (including phenoxy) is 2. The van der Waals surface area contributed by atoms with Crippen LogP contribution in [0.15, 0.2) is 79.0 Å². The van der Waals surface area contributed by atoms with Crippen LogP contribution in [-0.2, 0) is 56.6 Å². The Morgan fingerprint density at radius 3 is 2.46 bits per heavy atom. The number of nitrogens with two attached hydrogens (primary N) is 2. The number of fused-ring (bicyclic) bond motifs is 4. The first-order chi connectivity index (χ1) is 36.1. The van der Waals surface area contributed by atoms with E-state index in [0.29, 0.717) is 26.2 Å². The van der Waals surface area contributed by atoms with Crippen molar-refractivity contribution >= 4 is 110 Å². The summed E-state index contributed by atoms with van der Waals surface area (Å²) in [6, 6.07) is 4.33. The van der Waals surface area contributed by atoms with Gasteiger partial charge in [-0.1, -0.05) is 16.9 Å². The molecule has 1 saturated heterocycles. The zero-order valence-electron chi connectivity index (χ0n) is 41.6. The van der Waals surface area contributed by atoms with Gasteiger partial charge >= 0.3 is 11.9 Å². The molecule has 2 fully saturated rings. The second kappa shape index (κ2) is 20.7. The number of hydrogen-bond acceptors (Lipinski definition) is 24. The van der Waals surface area contributed by atoms with Crippen molar-refractivity contribution in [2.45, 2.75) is 60.2 Å². The van der Waals surface area contributed by atoms with E-state index in [-0.39, 0.29) is 64.5 Å². The number of β-lactam (4-membered cyclic amide) rings is 1. The first-order valence-electron chi connectivity index (χ1n) is 23.3. The summed E-state index contributed by atoms with van der Waals surface area (Å²) in [5, 5.41) is 43.2. The number of primary amides is 1. The highest BCUT2D eigenvalue weighted by Crippen LogP contribution is 2.54. The summed E-state index contributed by atoms with van der Waals surface area (Å²) in [4.78, 5) is 116. The zero-order chi connectivity index (χ0) is 54.8. The molecule has 1 saturated carbocycles. The van der Waals surface area contributed by atoms with Gasteiger partial charge in [-0.05, 0) is 64.4 Å². The third kappa shape index (κ3) is 9.24. The third-order valence-corrected chi connectivity index (χ3v) is 17.4. The Hall–Kier alpha value is -7.24. The third-order valence-electron chi connectivity index (χ3n) is 13.4. The number of aromatic nitrogens is 4. The Morgan fingerprint density at radius 1 is 1.09 bits per heavy atom. The van der Waals surface area contributed by atoms with Crippen molar-refractivity contribution < 1.29 is 67.8 Å². The van der Waals surface area contributed by atoms with Crippen molar-refractivity contribution in [3.8, 4) is 17.0 Å². The van der Waals surface area contributed by atoms with Crippen LogP contribution < -0.4 is 31.0 Å². The topological polar surface area (TPSA) is 337 Å². The largest absolute Gasteiger partial charge is 0.508 e. The number of anilines is 2. The number of benzene rings is 1. The lowest BCUT2D eigenvalue weighted by atomic mass is 9.57. The fourth-order valence-corrected chi connectivity index (χ4v) is 13.8. The molecule has 2 unspecified atom stereocenters. The summed E-state index contributed by atoms with van der Waals surface area (Å²) in [6.45, 7) is 2.99. The Balaban J connectivity index is 1.01. The van der Waals surface area contributed by atoms with Gasteiger partial charge < -0.3 is 51.3 Å². The number of hydrogen-bond donors (Lipinski definition) is 6. The molecule has 0 radical (unpaired) electrons. The lowest BCUT2D eigenvalue weighted by Crippen LogP contribution is -2.71. The number of thiazole rings is 1. The first-order valence-corrected chi connectivity index (χ1v) is 26.9. The molecule has 76 heavy (non-hydrogen) atoms. The number of oxime groups is 1. The van der Waals surface area contributed by atoms with Crippen LogP contribution in [0.1, 0.15) is 37.2 Å². The van der Waals surface area contributed by atoms with E-state index < -0.39 is 99.3 Å². The predicted molar refractivity (Wildman–Crippen MR) is 277 cm³/mol. The predicted octanol–water partition coefficient (Wildman–Crippen LogP) is 1.39. The zero-order valence-corrected chi connectivity index (χ0v) is 44.9. The maximum Gasteiger partial charge on any atom is 0.356 e. The molecule has 5 heterocycles. The quantitative estimate of drug-likeness (QED) is 0.0186. The van der Waals surface area contributed by atoms with E-state index in [1.807, 2.05) is 41.5 Å². The van der Waals surface area contributed by atoms with E-state index in [2.05, 4.69) is 19.8 Å². The van der Waals surface area contributed by atoms with E-state index in [0.717, 1.165) is 28.9 Å². The monoisotopic (exact) mass is 1120 g/mol. The van der Waals surface area contributed by atoms with E-state index in [1.54, 1.807) is 32.0 Å². The van der Waals surface area contributed by atoms with E-state index in [4.69, 9.17) is 30.8 Å². The number of carbonyl (C=O) groups excluding carboxylic acids is 7. The molecule has 0 spiro atoms. The summed E-state index contributed by atoms with van der Waals surface area (Å²) < 4.78 is 18.1. The number of pyridine rings is 1. The van der Waals surface area contributed by atoms with Gasteiger partial charge in [-0.15, -0.1) is 23.1 Å². The number of aryl methyl sites for hydroxylation is 1. The molecule has 3 amide bonds. The Labute approximate surface area is 449 Å². The number of nitrogens with one attached hydrogen (secondary N) is 1. The number of aliphatic hydroxyl groups excluding tert-OH is 2. The number of Topliss-reactive ketones (excluding diaryl/α,β-unsaturated/α-hetero) is 2. The van der Waals surface area contributed by atoms with E-state index in [1.165, 1.54) is 60.0 Å². The van der Waals surface area contributed by atoms with Gasteiger partial charge in [0, 0.05) is 76.5 Å². The van der Waals surface area contributed by atoms with Gasteiger partial charge in [0.2, 0.25) is 17.3 Å². The highest BCUT2D eigenvalue weighted by molar-refractivity contribution is 8.07. The highest BCUT2D eigenvalue weighted by atomic mass is 32.2. The molecule has 3 aliphatic carbocycles. The van der Waals surface area contributed by atoms with Gasteiger partial charge in [0.15, 0.2) is 39.4 Å². The molecule has 2 aliphatic heterocycles. The minimum absolute atomic E-state index is 0.0266. The van der Waals surface area contributed by atoms with Crippen molar-refractivity contribution in [2.24, 2.45) is 29.8 Å². The molecule has 0 bridgehead atoms. The second-order valence-corrected chi connectivity index (χ2v) is 22.6. The molecular formula is C48H50N11O13S4+. The van der Waals surface area contributed by atoms with Crippen LogP contribution in [0.2, 0.25) is 0 Å². The molecule has 8 N–H and O–H groups in total. The number of thioether (sulfide) groups is 2. The normalized spacial score (nSPS) is 23.5. The smallest absolute Gasteiger partial charge is 0.356 e. The SMILES string of the molecule is CCO/N=C(/C(=O)N[C@@H]1C(=O)N2C(C(=O)OC(C)C(=O)Oc3ccc(N(C)C)c4c3C(O)=C3C(=O)[C@@]5(O)C(O)=C(C(N)=O)C(=O)[C@H](N(C)C)[C@H]5C[C@H]3C4)=C(Sc3nc(-c4cc[n+](C)cc4)cs3)CSC12)c1nsc(N)n1. The lowest BCUT2D eigenvalue weighted by Gasteiger charge is -2.50. The van der Waals surface area contributed by atoms with Gasteiger partial charge in [-0.3, -0.25) is 33.8 Å². The van der Waals surface area contributed by atoms with Crippen molar-refractivity contribution in [3.05, 3.63) is 86.5 Å². The summed E-state index contributed by atoms with van der Waals surface area (Å²) in [7, 11) is 8.38. The summed E-state index contributed by atoms with van der Waals surface area (Å²) in [5.74, 6) is -11.5. The van der Waals surface area contributed by atoms with Crippen LogP contribution in [-0.4, -0.2) is 156 Å². The van der Waals surface area contributed by atoms with Crippen molar-refractivity contribution in [2.75, 3.05) is 51.2 Å². The number of likely N-dealkylation sites (N-methyl/N-ethyl adjacent to an activating group) is 1. The number of nitrogen functional groups attached to an aromatic ring is 1. The molecule has 1 aromatic carbocycles. The molecule has 7 atom stereocenters.